The maximum absolute atomic E-state index is 12.4. The van der Waals surface area contributed by atoms with Crippen LogP contribution in [-0.2, 0) is 28.8 Å². The Hall–Kier alpha value is -3.82. The van der Waals surface area contributed by atoms with Crippen LogP contribution in [-0.4, -0.2) is 127 Å². The molecule has 4 atom stereocenters. The van der Waals surface area contributed by atoms with Gasteiger partial charge in [0.25, 0.3) is 0 Å². The predicted octanol–water partition coefficient (Wildman–Crippen LogP) is -0.825. The fourth-order valence-corrected chi connectivity index (χ4v) is 6.09. The van der Waals surface area contributed by atoms with Crippen molar-refractivity contribution in [2.45, 2.75) is 72.1 Å². The number of hydrogen-bond acceptors (Lipinski definition) is 9. The first-order valence-corrected chi connectivity index (χ1v) is 18.7. The van der Waals surface area contributed by atoms with E-state index < -0.39 is 71.7 Å². The quantitative estimate of drug-likeness (QED) is 0.0758. The third-order valence-corrected chi connectivity index (χ3v) is 8.80. The van der Waals surface area contributed by atoms with Gasteiger partial charge in [-0.05, 0) is 0 Å². The monoisotopic (exact) mass is 754 g/mol. The van der Waals surface area contributed by atoms with Crippen molar-refractivity contribution in [2.75, 3.05) is 0 Å². The number of carbonyl (C=O) groups excluding carboxylic acids is 4. The van der Waals surface area contributed by atoms with Crippen molar-refractivity contribution in [2.24, 2.45) is 5.73 Å². The second kappa shape index (κ2) is 18.8. The third kappa shape index (κ3) is 11.7. The Labute approximate surface area is 264 Å². The zero-order chi connectivity index (χ0) is 33.6. The Bertz CT molecular complexity index is 1230. The molecule has 0 saturated heterocycles. The van der Waals surface area contributed by atoms with Crippen LogP contribution in [0.5, 0.6) is 0 Å². The standard InChI is InChI=1S/C17H18N2O7Se.C9H16N2O5Se/c1-27-8-11(16(23)24)18-13(20)7-6-12(17(25)26)19-14(21)9-4-2-3-5-10(9)15(19)22;1-17-4-6(9(15)16)11-7(12)3-2-5(10)8(13)14/h2-5,11-12H,6-8H2,1H3,(H,18,20)(H,23,24)(H,25,26);5-6H,2-4,10H2,1H3,(H,11,12)(H,13,14)(H,15,16)/t11-,12-;5-,6-/m00/s1. The maximum atomic E-state index is 12.4. The van der Waals surface area contributed by atoms with Crippen LogP contribution >= 0.6 is 0 Å². The number of fused-ring (bicyclic) bond motifs is 1. The molecular weight excluding hydrogens is 718 g/mol. The van der Waals surface area contributed by atoms with E-state index in [9.17, 15) is 43.5 Å². The van der Waals surface area contributed by atoms with Crippen LogP contribution in [0.4, 0.5) is 0 Å². The minimum absolute atomic E-state index is 0.00915. The Balaban J connectivity index is 0.000000493. The van der Waals surface area contributed by atoms with Gasteiger partial charge in [0.1, 0.15) is 0 Å². The van der Waals surface area contributed by atoms with Gasteiger partial charge in [0.2, 0.25) is 0 Å². The van der Waals surface area contributed by atoms with E-state index in [0.717, 1.165) is 0 Å². The summed E-state index contributed by atoms with van der Waals surface area (Å²) in [5.41, 5.74) is 5.46. The number of aliphatic carboxylic acids is 4. The topological polar surface area (TPSA) is 271 Å². The molecule has 1 aliphatic heterocycles. The predicted molar refractivity (Wildman–Crippen MR) is 154 cm³/mol. The van der Waals surface area contributed by atoms with Gasteiger partial charge >= 0.3 is 265 Å². The van der Waals surface area contributed by atoms with Crippen molar-refractivity contribution < 1.29 is 58.8 Å². The molecule has 1 aliphatic rings. The number of amides is 4. The molecule has 16 nitrogen and oxygen atoms in total. The summed E-state index contributed by atoms with van der Waals surface area (Å²) in [5, 5.41) is 41.2. The molecular formula is C26H34N4O12Se2. The van der Waals surface area contributed by atoms with Gasteiger partial charge in [-0.1, -0.05) is 0 Å². The van der Waals surface area contributed by atoms with Crippen LogP contribution in [0.15, 0.2) is 24.3 Å². The molecule has 0 bridgehead atoms. The van der Waals surface area contributed by atoms with Crippen LogP contribution in [0.3, 0.4) is 0 Å². The van der Waals surface area contributed by atoms with Crippen molar-refractivity contribution in [1.82, 2.24) is 15.5 Å². The fraction of sp³-hybridized carbons (Fsp3) is 0.462. The van der Waals surface area contributed by atoms with E-state index in [0.29, 0.717) is 15.5 Å². The molecule has 1 aromatic carbocycles. The Morgan fingerprint density at radius 2 is 1.14 bits per heavy atom. The molecule has 0 spiro atoms. The fourth-order valence-electron chi connectivity index (χ4n) is 3.75. The number of nitrogens with zero attached hydrogens (tertiary/aromatic N) is 1. The van der Waals surface area contributed by atoms with Gasteiger partial charge in [0.15, 0.2) is 0 Å². The van der Waals surface area contributed by atoms with Gasteiger partial charge in [-0.25, -0.2) is 0 Å². The van der Waals surface area contributed by atoms with Crippen molar-refractivity contribution in [3.8, 4) is 0 Å². The Morgan fingerprint density at radius 1 is 0.727 bits per heavy atom. The molecule has 44 heavy (non-hydrogen) atoms. The summed E-state index contributed by atoms with van der Waals surface area (Å²) in [6, 6.07) is 1.46. The molecule has 0 fully saturated rings. The summed E-state index contributed by atoms with van der Waals surface area (Å²) in [7, 11) is 0. The van der Waals surface area contributed by atoms with Crippen molar-refractivity contribution in [3.05, 3.63) is 35.4 Å². The summed E-state index contributed by atoms with van der Waals surface area (Å²) < 4.78 is 0. The number of benzene rings is 1. The molecule has 1 heterocycles. The number of rotatable bonds is 17. The molecule has 4 amide bonds. The van der Waals surface area contributed by atoms with E-state index in [1.165, 1.54) is 12.1 Å². The van der Waals surface area contributed by atoms with Crippen LogP contribution in [0.25, 0.3) is 0 Å². The van der Waals surface area contributed by atoms with E-state index in [-0.39, 0.29) is 66.7 Å². The van der Waals surface area contributed by atoms with Gasteiger partial charge in [-0.3, -0.25) is 0 Å². The summed E-state index contributed by atoms with van der Waals surface area (Å²) in [6.07, 6.45) is -0.736. The normalized spacial score (nSPS) is 14.7. The molecule has 0 unspecified atom stereocenters. The molecule has 242 valence electrons. The zero-order valence-electron chi connectivity index (χ0n) is 23.8. The van der Waals surface area contributed by atoms with Crippen molar-refractivity contribution >= 4 is 77.4 Å². The van der Waals surface area contributed by atoms with Gasteiger partial charge in [-0.2, -0.15) is 0 Å². The van der Waals surface area contributed by atoms with Crippen molar-refractivity contribution in [1.29, 1.82) is 0 Å². The number of nitrogens with two attached hydrogens (primary N) is 1. The number of carbonyl (C=O) groups is 8. The molecule has 0 radical (unpaired) electrons. The van der Waals surface area contributed by atoms with Crippen LogP contribution in [0.2, 0.25) is 22.3 Å². The summed E-state index contributed by atoms with van der Waals surface area (Å²) >= 11 is 0.161. The first kappa shape index (κ1) is 38.2. The van der Waals surface area contributed by atoms with E-state index in [4.69, 9.17) is 21.1 Å². The third-order valence-electron chi connectivity index (χ3n) is 6.00. The van der Waals surface area contributed by atoms with Gasteiger partial charge in [0.05, 0.1) is 0 Å². The van der Waals surface area contributed by atoms with Crippen LogP contribution in [0.1, 0.15) is 46.4 Å². The summed E-state index contributed by atoms with van der Waals surface area (Å²) in [4.78, 5) is 92.7. The Morgan fingerprint density at radius 3 is 1.48 bits per heavy atom. The average Bonchev–Trinajstić information content (AvgIpc) is 3.21. The molecule has 18 heteroatoms. The molecule has 2 rings (SSSR count). The number of nitrogens with one attached hydrogen (secondary N) is 2. The molecule has 1 aromatic rings. The first-order chi connectivity index (χ1) is 20.7. The van der Waals surface area contributed by atoms with Gasteiger partial charge in [0, 0.05) is 0 Å². The second-order valence-corrected chi connectivity index (χ2v) is 13.1. The summed E-state index contributed by atoms with van der Waals surface area (Å²) in [6.45, 7) is 0. The van der Waals surface area contributed by atoms with Crippen LogP contribution in [0, 0.1) is 0 Å². The number of imide groups is 1. The van der Waals surface area contributed by atoms with E-state index in [2.05, 4.69) is 10.6 Å². The van der Waals surface area contributed by atoms with Gasteiger partial charge < -0.3 is 0 Å². The number of carboxylic acids is 4. The van der Waals surface area contributed by atoms with E-state index in [1.807, 2.05) is 11.6 Å². The molecule has 8 N–H and O–H groups in total. The first-order valence-electron chi connectivity index (χ1n) is 12.9. The minimum atomic E-state index is -1.51. The van der Waals surface area contributed by atoms with Gasteiger partial charge in [-0.15, -0.1) is 0 Å². The number of carboxylic acid groups (broad SMARTS) is 4. The SMILES string of the molecule is C[Se]C[C@H](NC(=O)CC[C@@H](C(=O)O)N1C(=O)c2ccccc2C1=O)C(=O)O.C[Se]C[C@H](NC(=O)CC[C@H](N)C(=O)O)C(=O)O. The average molecular weight is 752 g/mol. The van der Waals surface area contributed by atoms with Crippen LogP contribution < -0.4 is 16.4 Å². The Kier molecular flexibility index (Phi) is 16.3. The molecule has 0 saturated carbocycles. The second-order valence-electron chi connectivity index (χ2n) is 9.23. The molecule has 0 aromatic heterocycles. The molecule has 0 aliphatic carbocycles. The zero-order valence-corrected chi connectivity index (χ0v) is 27.2. The van der Waals surface area contributed by atoms with Crippen molar-refractivity contribution in [3.63, 3.8) is 0 Å². The summed E-state index contributed by atoms with van der Waals surface area (Å²) in [5.74, 6) is -3.71. The van der Waals surface area contributed by atoms with E-state index in [1.54, 1.807) is 12.1 Å². The van der Waals surface area contributed by atoms with E-state index >= 15 is 0 Å². The number of hydrogen-bond donors (Lipinski definition) is 7.